The van der Waals surface area contributed by atoms with Crippen LogP contribution in [-0.4, -0.2) is 96.7 Å². The minimum absolute atomic E-state index is 0.105. The van der Waals surface area contributed by atoms with Crippen molar-refractivity contribution >= 4 is 39.5 Å². The zero-order valence-corrected chi connectivity index (χ0v) is 68.0. The fraction of sp³-hybridized carbons (Fsp3) is 0.951. The van der Waals surface area contributed by atoms with Gasteiger partial charge in [-0.2, -0.15) is 0 Å². The van der Waals surface area contributed by atoms with Crippen molar-refractivity contribution < 1.29 is 80.2 Å². The highest BCUT2D eigenvalue weighted by Gasteiger charge is 2.30. The first kappa shape index (κ1) is 99.1. The van der Waals surface area contributed by atoms with Crippen LogP contribution >= 0.6 is 15.6 Å². The number of phosphoric acid groups is 2. The molecule has 0 rings (SSSR count). The summed E-state index contributed by atoms with van der Waals surface area (Å²) < 4.78 is 68.7. The smallest absolute Gasteiger partial charge is 0.462 e. The van der Waals surface area contributed by atoms with Gasteiger partial charge >= 0.3 is 39.5 Å². The molecule has 0 amide bonds. The van der Waals surface area contributed by atoms with E-state index < -0.39 is 97.5 Å². The number of hydrogen-bond donors (Lipinski definition) is 3. The summed E-state index contributed by atoms with van der Waals surface area (Å²) in [7, 11) is -9.92. The number of aliphatic hydroxyl groups is 1. The number of esters is 4. The van der Waals surface area contributed by atoms with Crippen LogP contribution in [0.1, 0.15) is 433 Å². The second-order valence-corrected chi connectivity index (χ2v) is 33.1. The topological polar surface area (TPSA) is 237 Å². The average Bonchev–Trinajstić information content (AvgIpc) is 1.00. The molecular weight excluding hydrogens is 1320 g/mol. The van der Waals surface area contributed by atoms with E-state index in [1.54, 1.807) is 0 Å². The molecule has 3 unspecified atom stereocenters. The highest BCUT2D eigenvalue weighted by atomic mass is 31.2. The Morgan fingerprint density at radius 3 is 0.752 bits per heavy atom. The maximum atomic E-state index is 13.1. The number of hydrogen-bond acceptors (Lipinski definition) is 15. The molecule has 0 aliphatic carbocycles. The molecule has 0 spiro atoms. The molecule has 0 heterocycles. The molecule has 0 saturated carbocycles. The lowest BCUT2D eigenvalue weighted by Gasteiger charge is -2.21. The van der Waals surface area contributed by atoms with Crippen LogP contribution in [-0.2, 0) is 65.4 Å². The number of carbonyl (C=O) groups excluding carboxylic acids is 4. The van der Waals surface area contributed by atoms with Crippen LogP contribution in [0.15, 0.2) is 0 Å². The monoisotopic (exact) mass is 1480 g/mol. The number of rotatable bonds is 81. The maximum Gasteiger partial charge on any atom is 0.472 e. The minimum Gasteiger partial charge on any atom is -0.462 e. The molecule has 0 aromatic heterocycles. The molecule has 6 atom stereocenters. The standard InChI is InChI=1S/C82H160O17P2/c1-7-10-12-14-16-18-20-22-24-26-28-29-30-32-34-36-38-40-47-54-60-66-81(86)98-77(70-92-79(84)64-58-52-46-39-37-35-33-31-27-25-23-21-19-17-15-13-11-8-2)72-96-100(88,89)94-68-76(83)69-95-101(90,91)97-73-78(71-93-80(85)65-59-53-49-43-44-50-56-62-74(4)5)99-82(87)67-61-55-48-42-41-45-51-57-63-75(6)9-3/h74-78,83H,7-73H2,1-6H3,(H,88,89)(H,90,91)/t75?,76-,77-,78-/m1/s1. The molecule has 3 N–H and O–H groups in total. The molecule has 0 aliphatic heterocycles. The third-order valence-corrected chi connectivity index (χ3v) is 21.5. The van der Waals surface area contributed by atoms with Gasteiger partial charge in [0, 0.05) is 25.7 Å². The Labute approximate surface area is 619 Å². The van der Waals surface area contributed by atoms with Crippen LogP contribution < -0.4 is 0 Å². The van der Waals surface area contributed by atoms with Gasteiger partial charge in [-0.15, -0.1) is 0 Å². The summed E-state index contributed by atoms with van der Waals surface area (Å²) in [6.45, 7) is 9.57. The Kier molecular flexibility index (Phi) is 72.2. The third-order valence-electron chi connectivity index (χ3n) is 19.6. The van der Waals surface area contributed by atoms with Crippen LogP contribution in [0.3, 0.4) is 0 Å². The van der Waals surface area contributed by atoms with Gasteiger partial charge in [-0.1, -0.05) is 382 Å². The van der Waals surface area contributed by atoms with E-state index >= 15 is 0 Å². The van der Waals surface area contributed by atoms with Gasteiger partial charge in [0.25, 0.3) is 0 Å². The molecule has 17 nitrogen and oxygen atoms in total. The summed E-state index contributed by atoms with van der Waals surface area (Å²) in [6, 6.07) is 0. The van der Waals surface area contributed by atoms with Crippen LogP contribution in [0.2, 0.25) is 0 Å². The first-order valence-electron chi connectivity index (χ1n) is 42.5. The van der Waals surface area contributed by atoms with Gasteiger partial charge in [0.05, 0.1) is 26.4 Å². The molecule has 0 aromatic carbocycles. The highest BCUT2D eigenvalue weighted by molar-refractivity contribution is 7.47. The summed E-state index contributed by atoms with van der Waals surface area (Å²) in [4.78, 5) is 73.0. The van der Waals surface area contributed by atoms with E-state index in [0.29, 0.717) is 31.6 Å². The quantitative estimate of drug-likeness (QED) is 0.0222. The van der Waals surface area contributed by atoms with E-state index in [-0.39, 0.29) is 25.7 Å². The van der Waals surface area contributed by atoms with E-state index in [2.05, 4.69) is 41.5 Å². The van der Waals surface area contributed by atoms with Crippen molar-refractivity contribution in [2.45, 2.75) is 452 Å². The average molecular weight is 1480 g/mol. The predicted molar refractivity (Wildman–Crippen MR) is 414 cm³/mol. The van der Waals surface area contributed by atoms with E-state index in [9.17, 15) is 43.2 Å². The summed E-state index contributed by atoms with van der Waals surface area (Å²) in [5.41, 5.74) is 0. The summed E-state index contributed by atoms with van der Waals surface area (Å²) in [5, 5.41) is 10.6. The first-order valence-corrected chi connectivity index (χ1v) is 45.5. The van der Waals surface area contributed by atoms with Crippen molar-refractivity contribution in [1.29, 1.82) is 0 Å². The normalized spacial score (nSPS) is 14.2. The summed E-state index contributed by atoms with van der Waals surface area (Å²) in [5.74, 6) is -0.637. The van der Waals surface area contributed by atoms with Crippen LogP contribution in [0.4, 0.5) is 0 Å². The Hall–Kier alpha value is -1.94. The predicted octanol–water partition coefficient (Wildman–Crippen LogP) is 24.7. The molecule has 0 aromatic rings. The number of unbranched alkanes of at least 4 members (excludes halogenated alkanes) is 50. The molecule has 101 heavy (non-hydrogen) atoms. The Bertz CT molecular complexity index is 1940. The van der Waals surface area contributed by atoms with Gasteiger partial charge in [-0.25, -0.2) is 9.13 Å². The Morgan fingerprint density at radius 1 is 0.287 bits per heavy atom. The number of aliphatic hydroxyl groups excluding tert-OH is 1. The molecule has 0 bridgehead atoms. The van der Waals surface area contributed by atoms with E-state index in [1.165, 1.54) is 244 Å². The highest BCUT2D eigenvalue weighted by Crippen LogP contribution is 2.45. The number of ether oxygens (including phenoxy) is 4. The lowest BCUT2D eigenvalue weighted by atomic mass is 9.99. The molecular formula is C82H160O17P2. The SMILES string of the molecule is CCCCCCCCCCCCCCCCCCCCCCCC(=O)O[C@H](COC(=O)CCCCCCCCCCCCCCCCCCCC)COP(=O)(O)OC[C@@H](O)COP(=O)(O)OC[C@@H](COC(=O)CCCCCCCCCC(C)C)OC(=O)CCCCCCCCCCC(C)CC. The van der Waals surface area contributed by atoms with Crippen molar-refractivity contribution in [3.63, 3.8) is 0 Å². The van der Waals surface area contributed by atoms with Gasteiger partial charge in [0.2, 0.25) is 0 Å². The third kappa shape index (κ3) is 74.7. The van der Waals surface area contributed by atoms with Crippen molar-refractivity contribution in [3.05, 3.63) is 0 Å². The largest absolute Gasteiger partial charge is 0.472 e. The lowest BCUT2D eigenvalue weighted by molar-refractivity contribution is -0.161. The second-order valence-electron chi connectivity index (χ2n) is 30.2. The van der Waals surface area contributed by atoms with Crippen LogP contribution in [0.25, 0.3) is 0 Å². The van der Waals surface area contributed by atoms with E-state index in [4.69, 9.17) is 37.0 Å². The fourth-order valence-corrected chi connectivity index (χ4v) is 14.3. The van der Waals surface area contributed by atoms with E-state index in [0.717, 1.165) is 102 Å². The zero-order chi connectivity index (χ0) is 74.2. The van der Waals surface area contributed by atoms with E-state index in [1.807, 2.05) is 0 Å². The van der Waals surface area contributed by atoms with Crippen LogP contribution in [0.5, 0.6) is 0 Å². The van der Waals surface area contributed by atoms with Gasteiger partial charge in [0.1, 0.15) is 19.3 Å². The molecule has 0 fully saturated rings. The number of carbonyl (C=O) groups is 4. The van der Waals surface area contributed by atoms with Gasteiger partial charge in [0.15, 0.2) is 12.2 Å². The van der Waals surface area contributed by atoms with Crippen molar-refractivity contribution in [1.82, 2.24) is 0 Å². The summed E-state index contributed by atoms with van der Waals surface area (Å²) >= 11 is 0. The fourth-order valence-electron chi connectivity index (χ4n) is 12.7. The Morgan fingerprint density at radius 2 is 0.505 bits per heavy atom. The molecule has 0 aliphatic rings. The first-order chi connectivity index (χ1) is 48.9. The van der Waals surface area contributed by atoms with Crippen molar-refractivity contribution in [2.24, 2.45) is 11.8 Å². The Balaban J connectivity index is 5.21. The molecule has 600 valence electrons. The lowest BCUT2D eigenvalue weighted by Crippen LogP contribution is -2.30. The summed E-state index contributed by atoms with van der Waals surface area (Å²) in [6.07, 6.45) is 64.1. The van der Waals surface area contributed by atoms with Gasteiger partial charge in [-0.3, -0.25) is 37.3 Å². The minimum atomic E-state index is -4.96. The zero-order valence-electron chi connectivity index (χ0n) is 66.2. The van der Waals surface area contributed by atoms with Gasteiger partial charge < -0.3 is 33.8 Å². The molecule has 0 radical (unpaired) electrons. The number of phosphoric ester groups is 2. The second kappa shape index (κ2) is 73.6. The van der Waals surface area contributed by atoms with Crippen molar-refractivity contribution in [2.75, 3.05) is 39.6 Å². The molecule has 19 heteroatoms. The van der Waals surface area contributed by atoms with Crippen LogP contribution in [0, 0.1) is 11.8 Å². The van der Waals surface area contributed by atoms with Gasteiger partial charge in [-0.05, 0) is 37.5 Å². The van der Waals surface area contributed by atoms with Crippen molar-refractivity contribution in [3.8, 4) is 0 Å². The molecule has 0 saturated heterocycles. The maximum absolute atomic E-state index is 13.1.